The molecule has 20 heavy (non-hydrogen) atoms. The Labute approximate surface area is 119 Å². The van der Waals surface area contributed by atoms with Gasteiger partial charge in [0, 0.05) is 13.1 Å². The van der Waals surface area contributed by atoms with Crippen LogP contribution in [0.5, 0.6) is 0 Å². The van der Waals surface area contributed by atoms with Gasteiger partial charge in [0.05, 0.1) is 11.8 Å². The molecule has 1 saturated carbocycles. The van der Waals surface area contributed by atoms with Gasteiger partial charge < -0.3 is 10.0 Å². The van der Waals surface area contributed by atoms with E-state index in [9.17, 15) is 14.7 Å². The zero-order chi connectivity index (χ0) is 14.5. The first-order valence-corrected chi connectivity index (χ1v) is 7.59. The maximum atomic E-state index is 12.7. The van der Waals surface area contributed by atoms with Gasteiger partial charge in [0.15, 0.2) is 0 Å². The normalized spacial score (nSPS) is 38.2. The molecule has 4 atom stereocenters. The Morgan fingerprint density at radius 3 is 2.20 bits per heavy atom. The van der Waals surface area contributed by atoms with Gasteiger partial charge in [0.1, 0.15) is 0 Å². The van der Waals surface area contributed by atoms with Gasteiger partial charge in [0.2, 0.25) is 5.91 Å². The lowest BCUT2D eigenvalue weighted by molar-refractivity contribution is -0.151. The minimum atomic E-state index is -0.808. The van der Waals surface area contributed by atoms with Crippen molar-refractivity contribution in [1.82, 2.24) is 4.90 Å². The van der Waals surface area contributed by atoms with E-state index in [1.54, 1.807) is 0 Å². The molecule has 1 saturated heterocycles. The van der Waals surface area contributed by atoms with Crippen molar-refractivity contribution in [3.63, 3.8) is 0 Å². The Morgan fingerprint density at radius 1 is 1.10 bits per heavy atom. The van der Waals surface area contributed by atoms with Gasteiger partial charge in [-0.05, 0) is 36.5 Å². The summed E-state index contributed by atoms with van der Waals surface area (Å²) in [4.78, 5) is 26.1. The molecular weight excluding hydrogens is 254 g/mol. The van der Waals surface area contributed by atoms with E-state index in [2.05, 4.69) is 19.9 Å². The Morgan fingerprint density at radius 2 is 1.65 bits per heavy atom. The number of hydrogen-bond acceptors (Lipinski definition) is 2. The van der Waals surface area contributed by atoms with Gasteiger partial charge in [-0.15, -0.1) is 0 Å². The minimum absolute atomic E-state index is 0.0627. The summed E-state index contributed by atoms with van der Waals surface area (Å²) in [6, 6.07) is 0. The van der Waals surface area contributed by atoms with Crippen molar-refractivity contribution in [2.75, 3.05) is 13.1 Å². The van der Waals surface area contributed by atoms with E-state index in [1.165, 1.54) is 0 Å². The lowest BCUT2D eigenvalue weighted by Crippen LogP contribution is -2.47. The molecule has 1 heterocycles. The number of nitrogens with zero attached hydrogens (tertiary/aromatic N) is 1. The van der Waals surface area contributed by atoms with Crippen molar-refractivity contribution >= 4 is 11.9 Å². The first-order chi connectivity index (χ1) is 9.39. The summed E-state index contributed by atoms with van der Waals surface area (Å²) in [5, 5.41) is 9.43. The SMILES string of the molecule is CC1(C)CCN(C(=O)[C@H]2C3C=CC(C3)[C@H]2C(=O)O)CC1. The number of amides is 1. The van der Waals surface area contributed by atoms with E-state index in [1.807, 2.05) is 11.0 Å². The van der Waals surface area contributed by atoms with Crippen molar-refractivity contribution in [1.29, 1.82) is 0 Å². The fraction of sp³-hybridized carbons (Fsp3) is 0.750. The Bertz CT molecular complexity index is 458. The van der Waals surface area contributed by atoms with Crippen molar-refractivity contribution < 1.29 is 14.7 Å². The topological polar surface area (TPSA) is 57.6 Å². The second-order valence-electron chi connectivity index (χ2n) is 7.33. The highest BCUT2D eigenvalue weighted by Crippen LogP contribution is 2.49. The number of hydrogen-bond donors (Lipinski definition) is 1. The number of fused-ring (bicyclic) bond motifs is 2. The summed E-state index contributed by atoms with van der Waals surface area (Å²) in [7, 11) is 0. The fourth-order valence-corrected chi connectivity index (χ4v) is 4.04. The first kappa shape index (κ1) is 13.7. The van der Waals surface area contributed by atoms with Crippen LogP contribution in [-0.2, 0) is 9.59 Å². The van der Waals surface area contributed by atoms with Gasteiger partial charge in [-0.2, -0.15) is 0 Å². The molecule has 3 aliphatic rings. The molecule has 4 heteroatoms. The van der Waals surface area contributed by atoms with Crippen LogP contribution in [0.4, 0.5) is 0 Å². The number of piperidine rings is 1. The third-order valence-electron chi connectivity index (χ3n) is 5.46. The second-order valence-corrected chi connectivity index (χ2v) is 7.33. The third kappa shape index (κ3) is 2.15. The number of carboxylic acids is 1. The predicted molar refractivity (Wildman–Crippen MR) is 74.9 cm³/mol. The number of allylic oxidation sites excluding steroid dienone is 2. The molecule has 2 aliphatic carbocycles. The number of rotatable bonds is 2. The molecule has 2 unspecified atom stereocenters. The van der Waals surface area contributed by atoms with Crippen LogP contribution in [0.15, 0.2) is 12.2 Å². The molecule has 0 aromatic carbocycles. The van der Waals surface area contributed by atoms with Crippen molar-refractivity contribution in [3.05, 3.63) is 12.2 Å². The van der Waals surface area contributed by atoms with Crippen molar-refractivity contribution in [3.8, 4) is 0 Å². The molecule has 0 aromatic heterocycles. The van der Waals surface area contributed by atoms with E-state index in [0.717, 1.165) is 32.4 Å². The predicted octanol–water partition coefficient (Wildman–Crippen LogP) is 2.16. The van der Waals surface area contributed by atoms with Gasteiger partial charge >= 0.3 is 5.97 Å². The number of carbonyl (C=O) groups is 2. The maximum Gasteiger partial charge on any atom is 0.307 e. The molecule has 0 spiro atoms. The lowest BCUT2D eigenvalue weighted by Gasteiger charge is -2.39. The van der Waals surface area contributed by atoms with Crippen molar-refractivity contribution in [2.24, 2.45) is 29.1 Å². The van der Waals surface area contributed by atoms with Crippen LogP contribution in [0.1, 0.15) is 33.1 Å². The van der Waals surface area contributed by atoms with Crippen LogP contribution in [-0.4, -0.2) is 35.0 Å². The van der Waals surface area contributed by atoms with Crippen LogP contribution in [0.3, 0.4) is 0 Å². The molecule has 0 aromatic rings. The molecule has 2 fully saturated rings. The Hall–Kier alpha value is -1.32. The number of likely N-dealkylation sites (tertiary alicyclic amines) is 1. The first-order valence-electron chi connectivity index (χ1n) is 7.59. The van der Waals surface area contributed by atoms with Gasteiger partial charge in [-0.1, -0.05) is 26.0 Å². The number of carboxylic acid groups (broad SMARTS) is 1. The van der Waals surface area contributed by atoms with E-state index < -0.39 is 11.9 Å². The van der Waals surface area contributed by atoms with E-state index in [-0.39, 0.29) is 23.7 Å². The van der Waals surface area contributed by atoms with E-state index in [0.29, 0.717) is 5.41 Å². The summed E-state index contributed by atoms with van der Waals surface area (Å²) in [6.45, 7) is 6.01. The van der Waals surface area contributed by atoms with Gasteiger partial charge in [-0.25, -0.2) is 0 Å². The van der Waals surface area contributed by atoms with Gasteiger partial charge in [0.25, 0.3) is 0 Å². The average molecular weight is 277 g/mol. The van der Waals surface area contributed by atoms with Crippen molar-refractivity contribution in [2.45, 2.75) is 33.1 Å². The van der Waals surface area contributed by atoms with E-state index >= 15 is 0 Å². The second kappa shape index (κ2) is 4.61. The molecular formula is C16H23NO3. The van der Waals surface area contributed by atoms with Gasteiger partial charge in [-0.3, -0.25) is 9.59 Å². The zero-order valence-electron chi connectivity index (χ0n) is 12.2. The van der Waals surface area contributed by atoms with E-state index in [4.69, 9.17) is 0 Å². The summed E-state index contributed by atoms with van der Waals surface area (Å²) < 4.78 is 0. The molecule has 2 bridgehead atoms. The molecule has 3 rings (SSSR count). The zero-order valence-corrected chi connectivity index (χ0v) is 12.2. The van der Waals surface area contributed by atoms with Crippen LogP contribution in [0.25, 0.3) is 0 Å². The molecule has 1 N–H and O–H groups in total. The summed E-state index contributed by atoms with van der Waals surface area (Å²) in [5.74, 6) is -1.37. The number of carbonyl (C=O) groups excluding carboxylic acids is 1. The monoisotopic (exact) mass is 277 g/mol. The van der Waals surface area contributed by atoms with Crippen LogP contribution in [0.2, 0.25) is 0 Å². The highest BCUT2D eigenvalue weighted by Gasteiger charge is 2.52. The smallest absolute Gasteiger partial charge is 0.307 e. The standard InChI is InChI=1S/C16H23NO3/c1-16(2)5-7-17(8-6-16)14(18)12-10-3-4-11(9-10)13(12)15(19)20/h3-4,10-13H,5-9H2,1-2H3,(H,19,20)/t10?,11?,12-,13+/m0/s1. The lowest BCUT2D eigenvalue weighted by atomic mass is 9.79. The highest BCUT2D eigenvalue weighted by molar-refractivity contribution is 5.87. The minimum Gasteiger partial charge on any atom is -0.481 e. The summed E-state index contributed by atoms with van der Waals surface area (Å²) in [5.41, 5.74) is 0.303. The Balaban J connectivity index is 1.74. The third-order valence-corrected chi connectivity index (χ3v) is 5.46. The molecule has 1 aliphatic heterocycles. The van der Waals surface area contributed by atoms with Crippen LogP contribution < -0.4 is 0 Å². The van der Waals surface area contributed by atoms with Crippen LogP contribution in [0, 0.1) is 29.1 Å². The Kier molecular flexibility index (Phi) is 3.14. The highest BCUT2D eigenvalue weighted by atomic mass is 16.4. The van der Waals surface area contributed by atoms with Crippen LogP contribution >= 0.6 is 0 Å². The maximum absolute atomic E-state index is 12.7. The number of aliphatic carboxylic acids is 1. The quantitative estimate of drug-likeness (QED) is 0.787. The average Bonchev–Trinajstić information content (AvgIpc) is 2.97. The largest absolute Gasteiger partial charge is 0.481 e. The summed E-state index contributed by atoms with van der Waals surface area (Å²) >= 11 is 0. The molecule has 0 radical (unpaired) electrons. The molecule has 1 amide bonds. The molecule has 4 nitrogen and oxygen atoms in total. The molecule has 110 valence electrons. The summed E-state index contributed by atoms with van der Waals surface area (Å²) in [6.07, 6.45) is 6.90. The fourth-order valence-electron chi connectivity index (χ4n) is 4.04.